The van der Waals surface area contributed by atoms with Gasteiger partial charge in [-0.1, -0.05) is 12.1 Å². The van der Waals surface area contributed by atoms with Crippen LogP contribution in [0, 0.1) is 0 Å². The molecule has 0 aliphatic heterocycles. The Balaban J connectivity index is 1.92. The Hall–Kier alpha value is -2.54. The molecule has 0 radical (unpaired) electrons. The van der Waals surface area contributed by atoms with E-state index in [1.165, 1.54) is 0 Å². The SMILES string of the molecule is COc1ccc(CNCc2cnn(C)c2NC(=O)OC(C)(C)C)cc1. The van der Waals surface area contributed by atoms with E-state index >= 15 is 0 Å². The highest BCUT2D eigenvalue weighted by Crippen LogP contribution is 2.17. The molecule has 0 fully saturated rings. The summed E-state index contributed by atoms with van der Waals surface area (Å²) >= 11 is 0. The maximum atomic E-state index is 12.0. The van der Waals surface area contributed by atoms with Crippen molar-refractivity contribution in [1.82, 2.24) is 15.1 Å². The topological polar surface area (TPSA) is 77.4 Å². The summed E-state index contributed by atoms with van der Waals surface area (Å²) in [5, 5.41) is 10.3. The molecule has 0 unspecified atom stereocenters. The van der Waals surface area contributed by atoms with Gasteiger partial charge in [0, 0.05) is 25.7 Å². The van der Waals surface area contributed by atoms with Crippen LogP contribution in [0.25, 0.3) is 0 Å². The predicted octanol–water partition coefficient (Wildman–Crippen LogP) is 3.07. The molecule has 1 aromatic carbocycles. The van der Waals surface area contributed by atoms with Gasteiger partial charge in [0.2, 0.25) is 0 Å². The molecule has 7 nitrogen and oxygen atoms in total. The molecule has 1 aromatic heterocycles. The number of ether oxygens (including phenoxy) is 2. The van der Waals surface area contributed by atoms with Gasteiger partial charge in [-0.2, -0.15) is 5.10 Å². The Bertz CT molecular complexity index is 702. The molecular formula is C18H26N4O3. The smallest absolute Gasteiger partial charge is 0.413 e. The first kappa shape index (κ1) is 18.8. The Kier molecular flexibility index (Phi) is 6.03. The number of hydrogen-bond acceptors (Lipinski definition) is 5. The highest BCUT2D eigenvalue weighted by atomic mass is 16.6. The van der Waals surface area contributed by atoms with E-state index in [-0.39, 0.29) is 0 Å². The van der Waals surface area contributed by atoms with E-state index in [9.17, 15) is 4.79 Å². The van der Waals surface area contributed by atoms with Crippen LogP contribution >= 0.6 is 0 Å². The summed E-state index contributed by atoms with van der Waals surface area (Å²) in [4.78, 5) is 12.0. The summed E-state index contributed by atoms with van der Waals surface area (Å²) < 4.78 is 12.1. The fraction of sp³-hybridized carbons (Fsp3) is 0.444. The number of methoxy groups -OCH3 is 1. The van der Waals surface area contributed by atoms with Crippen molar-refractivity contribution >= 4 is 11.9 Å². The Morgan fingerprint density at radius 3 is 2.48 bits per heavy atom. The van der Waals surface area contributed by atoms with Crippen LogP contribution in [-0.4, -0.2) is 28.6 Å². The van der Waals surface area contributed by atoms with E-state index in [1.54, 1.807) is 25.0 Å². The first-order valence-corrected chi connectivity index (χ1v) is 8.13. The number of aromatic nitrogens is 2. The fourth-order valence-electron chi connectivity index (χ4n) is 2.26. The molecule has 0 bridgehead atoms. The number of rotatable bonds is 6. The van der Waals surface area contributed by atoms with E-state index in [0.717, 1.165) is 16.9 Å². The summed E-state index contributed by atoms with van der Waals surface area (Å²) in [7, 11) is 3.43. The largest absolute Gasteiger partial charge is 0.497 e. The van der Waals surface area contributed by atoms with Crippen molar-refractivity contribution in [2.24, 2.45) is 7.05 Å². The van der Waals surface area contributed by atoms with Gasteiger partial charge in [0.1, 0.15) is 17.2 Å². The average molecular weight is 346 g/mol. The molecule has 1 heterocycles. The van der Waals surface area contributed by atoms with Crippen molar-refractivity contribution in [2.45, 2.75) is 39.5 Å². The summed E-state index contributed by atoms with van der Waals surface area (Å²) in [5.41, 5.74) is 1.49. The number of carbonyl (C=O) groups is 1. The van der Waals surface area contributed by atoms with Gasteiger partial charge in [-0.25, -0.2) is 4.79 Å². The van der Waals surface area contributed by atoms with Crippen molar-refractivity contribution in [1.29, 1.82) is 0 Å². The molecule has 1 amide bonds. The first-order valence-electron chi connectivity index (χ1n) is 8.13. The number of nitrogens with zero attached hydrogens (tertiary/aromatic N) is 2. The zero-order valence-corrected chi connectivity index (χ0v) is 15.4. The summed E-state index contributed by atoms with van der Waals surface area (Å²) in [6.45, 7) is 6.75. The molecule has 0 atom stereocenters. The van der Waals surface area contributed by atoms with Gasteiger partial charge < -0.3 is 14.8 Å². The van der Waals surface area contributed by atoms with Crippen molar-refractivity contribution in [3.63, 3.8) is 0 Å². The van der Waals surface area contributed by atoms with E-state index in [1.807, 2.05) is 45.0 Å². The zero-order chi connectivity index (χ0) is 18.4. The third kappa shape index (κ3) is 5.79. The molecule has 2 aromatic rings. The summed E-state index contributed by atoms with van der Waals surface area (Å²) in [6, 6.07) is 7.87. The third-order valence-corrected chi connectivity index (χ3v) is 3.44. The molecule has 2 rings (SSSR count). The normalized spacial score (nSPS) is 11.2. The Labute approximate surface area is 148 Å². The molecular weight excluding hydrogens is 320 g/mol. The number of anilines is 1. The zero-order valence-electron chi connectivity index (χ0n) is 15.4. The molecule has 0 saturated carbocycles. The van der Waals surface area contributed by atoms with E-state index < -0.39 is 11.7 Å². The molecule has 25 heavy (non-hydrogen) atoms. The minimum atomic E-state index is -0.546. The van der Waals surface area contributed by atoms with Crippen LogP contribution in [0.3, 0.4) is 0 Å². The van der Waals surface area contributed by atoms with Gasteiger partial charge in [-0.15, -0.1) is 0 Å². The summed E-state index contributed by atoms with van der Waals surface area (Å²) in [5.74, 6) is 1.45. The minimum Gasteiger partial charge on any atom is -0.497 e. The fourth-order valence-corrected chi connectivity index (χ4v) is 2.26. The monoisotopic (exact) mass is 346 g/mol. The van der Waals surface area contributed by atoms with Crippen LogP contribution in [0.15, 0.2) is 30.5 Å². The van der Waals surface area contributed by atoms with Gasteiger partial charge in [0.05, 0.1) is 13.3 Å². The van der Waals surface area contributed by atoms with E-state index in [0.29, 0.717) is 18.9 Å². The van der Waals surface area contributed by atoms with Crippen molar-refractivity contribution in [3.05, 3.63) is 41.6 Å². The van der Waals surface area contributed by atoms with E-state index in [2.05, 4.69) is 15.7 Å². The van der Waals surface area contributed by atoms with Gasteiger partial charge in [0.15, 0.2) is 0 Å². The number of aryl methyl sites for hydroxylation is 1. The molecule has 7 heteroatoms. The lowest BCUT2D eigenvalue weighted by Gasteiger charge is -2.20. The lowest BCUT2D eigenvalue weighted by Crippen LogP contribution is -2.28. The van der Waals surface area contributed by atoms with Crippen LogP contribution in [-0.2, 0) is 24.9 Å². The molecule has 2 N–H and O–H groups in total. The number of nitrogens with one attached hydrogen (secondary N) is 2. The van der Waals surface area contributed by atoms with Crippen molar-refractivity contribution in [3.8, 4) is 5.75 Å². The predicted molar refractivity (Wildman–Crippen MR) is 96.6 cm³/mol. The van der Waals surface area contributed by atoms with Crippen LogP contribution in [0.5, 0.6) is 5.75 Å². The second-order valence-electron chi connectivity index (χ2n) is 6.72. The molecule has 0 aliphatic carbocycles. The minimum absolute atomic E-state index is 0.493. The van der Waals surface area contributed by atoms with Crippen LogP contribution < -0.4 is 15.4 Å². The maximum absolute atomic E-state index is 12.0. The molecule has 0 saturated heterocycles. The van der Waals surface area contributed by atoms with Crippen LogP contribution in [0.4, 0.5) is 10.6 Å². The van der Waals surface area contributed by atoms with Gasteiger partial charge in [0.25, 0.3) is 0 Å². The standard InChI is InChI=1S/C18H26N4O3/c1-18(2,3)25-17(23)21-16-14(12-20-22(16)4)11-19-10-13-6-8-15(24-5)9-7-13/h6-9,12,19H,10-11H2,1-5H3,(H,21,23). The van der Waals surface area contributed by atoms with Gasteiger partial charge in [-0.3, -0.25) is 10.00 Å². The average Bonchev–Trinajstić information content (AvgIpc) is 2.87. The number of hydrogen-bond donors (Lipinski definition) is 2. The maximum Gasteiger partial charge on any atom is 0.413 e. The van der Waals surface area contributed by atoms with Gasteiger partial charge >= 0.3 is 6.09 Å². The van der Waals surface area contributed by atoms with Crippen molar-refractivity contribution < 1.29 is 14.3 Å². The molecule has 136 valence electrons. The number of benzene rings is 1. The highest BCUT2D eigenvalue weighted by Gasteiger charge is 2.18. The lowest BCUT2D eigenvalue weighted by atomic mass is 10.2. The quantitative estimate of drug-likeness (QED) is 0.840. The third-order valence-electron chi connectivity index (χ3n) is 3.44. The van der Waals surface area contributed by atoms with Crippen LogP contribution in [0.2, 0.25) is 0 Å². The Morgan fingerprint density at radius 1 is 1.20 bits per heavy atom. The second kappa shape index (κ2) is 8.02. The summed E-state index contributed by atoms with van der Waals surface area (Å²) in [6.07, 6.45) is 1.24. The first-order chi connectivity index (χ1) is 11.8. The molecule has 0 spiro atoms. The highest BCUT2D eigenvalue weighted by molar-refractivity contribution is 5.84. The lowest BCUT2D eigenvalue weighted by molar-refractivity contribution is 0.0634. The second-order valence-corrected chi connectivity index (χ2v) is 6.72. The number of carbonyl (C=O) groups excluding carboxylic acids is 1. The van der Waals surface area contributed by atoms with Gasteiger partial charge in [-0.05, 0) is 38.5 Å². The van der Waals surface area contributed by atoms with E-state index in [4.69, 9.17) is 9.47 Å². The van der Waals surface area contributed by atoms with Crippen molar-refractivity contribution in [2.75, 3.05) is 12.4 Å². The Morgan fingerprint density at radius 2 is 1.88 bits per heavy atom. The molecule has 0 aliphatic rings. The number of amides is 1. The van der Waals surface area contributed by atoms with Crippen LogP contribution in [0.1, 0.15) is 31.9 Å².